The van der Waals surface area contributed by atoms with Crippen LogP contribution in [0.25, 0.3) is 71.0 Å². The van der Waals surface area contributed by atoms with Crippen molar-refractivity contribution in [2.45, 2.75) is 71.6 Å². The molecule has 72 heavy (non-hydrogen) atoms. The molecule has 0 saturated heterocycles. The predicted molar refractivity (Wildman–Crippen MR) is 308 cm³/mol. The summed E-state index contributed by atoms with van der Waals surface area (Å²) in [6, 6.07) is 75.1. The Morgan fingerprint density at radius 2 is 0.833 bits per heavy atom. The highest BCUT2D eigenvalue weighted by molar-refractivity contribution is 7.80. The number of fused-ring (bicyclic) bond motifs is 9. The van der Waals surface area contributed by atoms with Crippen LogP contribution in [0.15, 0.2) is 215 Å². The Morgan fingerprint density at radius 1 is 0.431 bits per heavy atom. The van der Waals surface area contributed by atoms with Crippen LogP contribution in [0.3, 0.4) is 0 Å². The molecule has 0 N–H and O–H groups in total. The van der Waals surface area contributed by atoms with Crippen LogP contribution >= 0.6 is 15.9 Å². The third-order valence-electron chi connectivity index (χ3n) is 14.7. The Bertz CT molecular complexity index is 3740. The second kappa shape index (κ2) is 17.6. The van der Waals surface area contributed by atoms with Crippen LogP contribution in [-0.2, 0) is 16.2 Å². The summed E-state index contributed by atoms with van der Waals surface area (Å²) in [6.07, 6.45) is 0. The van der Waals surface area contributed by atoms with Crippen LogP contribution in [-0.4, -0.2) is 0 Å². The van der Waals surface area contributed by atoms with Gasteiger partial charge in [0.2, 0.25) is 0 Å². The molecule has 5 heteroatoms. The van der Waals surface area contributed by atoms with E-state index in [9.17, 15) is 0 Å². The molecule has 0 bridgehead atoms. The fraction of sp³-hybridized carbons (Fsp3) is 0.164. The average Bonchev–Trinajstić information content (AvgIpc) is 3.57. The fourth-order valence-corrected chi connectivity index (χ4v) is 14.6. The van der Waals surface area contributed by atoms with Crippen molar-refractivity contribution in [1.29, 1.82) is 0 Å². The highest BCUT2D eigenvalue weighted by atomic mass is 31.1. The Morgan fingerprint density at radius 3 is 1.29 bits per heavy atom. The van der Waals surface area contributed by atoms with Gasteiger partial charge in [0.15, 0.2) is 11.2 Å². The smallest absolute Gasteiger partial charge is 0.256 e. The van der Waals surface area contributed by atoms with E-state index in [0.29, 0.717) is 0 Å². The lowest BCUT2D eigenvalue weighted by molar-refractivity contribution is 0.420. The molecule has 0 radical (unpaired) electrons. The van der Waals surface area contributed by atoms with E-state index in [1.165, 1.54) is 32.6 Å². The van der Waals surface area contributed by atoms with Crippen LogP contribution in [0.1, 0.15) is 77.6 Å². The van der Waals surface area contributed by atoms with Gasteiger partial charge in [-0.15, -0.1) is 0 Å². The van der Waals surface area contributed by atoms with E-state index >= 15 is 0 Å². The van der Waals surface area contributed by atoms with Crippen LogP contribution in [0, 0.1) is 0 Å². The van der Waals surface area contributed by atoms with Gasteiger partial charge in [0.05, 0.1) is 0 Å². The first kappa shape index (κ1) is 46.0. The van der Waals surface area contributed by atoms with E-state index in [2.05, 4.69) is 262 Å². The SMILES string of the molecule is CC(C)(C)c1cc(P(c2ccccc2)c2ccccc2)c2c(c1)C(C)(C)c1cc(C(C)(C)C)cc(-p3oc4c(-c5ccccc5)cc5ccccc5c4c4c(o3)c(-c3ccccc3)cc3ccccc34)c1O2. The maximum absolute atomic E-state index is 7.90. The van der Waals surface area contributed by atoms with Crippen molar-refractivity contribution in [3.05, 3.63) is 229 Å². The molecule has 11 aromatic rings. The van der Waals surface area contributed by atoms with Gasteiger partial charge in [0.1, 0.15) is 16.8 Å². The van der Waals surface area contributed by atoms with E-state index in [-0.39, 0.29) is 10.8 Å². The summed E-state index contributed by atoms with van der Waals surface area (Å²) < 4.78 is 23.6. The minimum absolute atomic E-state index is 0.125. The molecule has 1 aliphatic rings. The highest BCUT2D eigenvalue weighted by Crippen LogP contribution is 2.60. The van der Waals surface area contributed by atoms with E-state index in [4.69, 9.17) is 13.1 Å². The van der Waals surface area contributed by atoms with Crippen LogP contribution in [0.4, 0.5) is 0 Å². The van der Waals surface area contributed by atoms with Crippen molar-refractivity contribution in [1.82, 2.24) is 0 Å². The van der Waals surface area contributed by atoms with Gasteiger partial charge in [-0.1, -0.05) is 237 Å². The minimum Gasteiger partial charge on any atom is -0.455 e. The lowest BCUT2D eigenvalue weighted by atomic mass is 9.72. The number of hydrogen-bond donors (Lipinski definition) is 0. The predicted octanol–water partition coefficient (Wildman–Crippen LogP) is 18.7. The number of ether oxygens (including phenoxy) is 1. The van der Waals surface area contributed by atoms with Crippen LogP contribution in [0.2, 0.25) is 0 Å². The monoisotopic (exact) mass is 972 g/mol. The number of hydrogen-bond acceptors (Lipinski definition) is 3. The molecule has 10 aromatic carbocycles. The van der Waals surface area contributed by atoms with E-state index < -0.39 is 21.3 Å². The molecule has 0 atom stereocenters. The summed E-state index contributed by atoms with van der Waals surface area (Å²) in [7, 11) is -3.01. The van der Waals surface area contributed by atoms with Crippen molar-refractivity contribution in [3.8, 4) is 39.1 Å². The first-order valence-electron chi connectivity index (χ1n) is 25.1. The second-order valence-corrected chi connectivity index (χ2v) is 25.4. The van der Waals surface area contributed by atoms with Crippen molar-refractivity contribution < 1.29 is 13.1 Å². The lowest BCUT2D eigenvalue weighted by Crippen LogP contribution is -2.32. The van der Waals surface area contributed by atoms with Gasteiger partial charge in [-0.2, -0.15) is 0 Å². The maximum Gasteiger partial charge on any atom is 0.256 e. The molecule has 0 fully saturated rings. The van der Waals surface area contributed by atoms with E-state index in [1.807, 2.05) is 0 Å². The van der Waals surface area contributed by atoms with Gasteiger partial charge in [0.25, 0.3) is 8.01 Å². The quantitative estimate of drug-likeness (QED) is 0.156. The molecule has 1 aromatic heterocycles. The van der Waals surface area contributed by atoms with Crippen molar-refractivity contribution >= 4 is 75.3 Å². The van der Waals surface area contributed by atoms with Crippen LogP contribution in [0.5, 0.6) is 11.5 Å². The largest absolute Gasteiger partial charge is 0.455 e. The summed E-state index contributed by atoms with van der Waals surface area (Å²) >= 11 is 0. The van der Waals surface area contributed by atoms with Crippen molar-refractivity contribution in [3.63, 3.8) is 0 Å². The molecule has 0 saturated carbocycles. The first-order chi connectivity index (χ1) is 34.7. The molecule has 354 valence electrons. The third kappa shape index (κ3) is 7.86. The van der Waals surface area contributed by atoms with E-state index in [0.717, 1.165) is 88.1 Å². The fourth-order valence-electron chi connectivity index (χ4n) is 10.7. The third-order valence-corrected chi connectivity index (χ3v) is 18.5. The summed E-state index contributed by atoms with van der Waals surface area (Å²) in [5.41, 5.74) is 9.76. The summed E-state index contributed by atoms with van der Waals surface area (Å²) in [5.74, 6) is 1.73. The second-order valence-electron chi connectivity index (χ2n) is 21.8. The van der Waals surface area contributed by atoms with E-state index in [1.54, 1.807) is 0 Å². The zero-order valence-corrected chi connectivity index (χ0v) is 44.0. The molecule has 0 unspecified atom stereocenters. The number of rotatable bonds is 6. The van der Waals surface area contributed by atoms with Gasteiger partial charge in [-0.25, -0.2) is 0 Å². The molecular formula is C67H58O3P2. The normalized spacial score (nSPS) is 13.3. The topological polar surface area (TPSA) is 35.5 Å². The Balaban J connectivity index is 1.26. The van der Waals surface area contributed by atoms with Gasteiger partial charge >= 0.3 is 0 Å². The standard InChI is InChI=1S/C67H58O3P2/c1-65(2,3)47-39-55-63(57(41-47)71(49-31-17-11-18-32-49)50-33-19-12-20-34-50)68-64-56(67(55,7)8)40-48(66(4,5)6)42-58(64)72-69-61-53(43-25-13-9-14-26-43)37-45-29-21-23-35-51(45)59(61)60-52-36-24-22-30-46(52)38-54(62(60)70-72)44-27-15-10-16-28-44/h9-42H,1-8H3. The molecule has 12 rings (SSSR count). The number of benzene rings is 10. The molecule has 0 spiro atoms. The van der Waals surface area contributed by atoms with Gasteiger partial charge in [-0.05, 0) is 97.4 Å². The molecular weight excluding hydrogens is 915 g/mol. The van der Waals surface area contributed by atoms with Crippen molar-refractivity contribution in [2.24, 2.45) is 0 Å². The summed E-state index contributed by atoms with van der Waals surface area (Å²) in [5, 5.41) is 11.2. The van der Waals surface area contributed by atoms with Gasteiger partial charge in [-0.3, -0.25) is 0 Å². The lowest BCUT2D eigenvalue weighted by Gasteiger charge is -2.39. The summed E-state index contributed by atoms with van der Waals surface area (Å²) in [4.78, 5) is 0. The Kier molecular flexibility index (Phi) is 11.2. The maximum atomic E-state index is 7.90. The zero-order valence-electron chi connectivity index (χ0n) is 42.2. The molecule has 3 nitrogen and oxygen atoms in total. The molecule has 1 aliphatic heterocycles. The Hall–Kier alpha value is -7.15. The molecule has 0 aliphatic carbocycles. The Labute approximate surface area is 425 Å². The van der Waals surface area contributed by atoms with Gasteiger partial charge < -0.3 is 13.1 Å². The summed E-state index contributed by atoms with van der Waals surface area (Å²) in [6.45, 7) is 18.7. The molecule has 2 heterocycles. The van der Waals surface area contributed by atoms with Crippen molar-refractivity contribution in [2.75, 3.05) is 0 Å². The average molecular weight is 973 g/mol. The highest BCUT2D eigenvalue weighted by Gasteiger charge is 2.41. The zero-order chi connectivity index (χ0) is 49.5. The minimum atomic E-state index is -1.96. The van der Waals surface area contributed by atoms with Gasteiger partial charge in [0, 0.05) is 43.7 Å². The van der Waals surface area contributed by atoms with Crippen LogP contribution < -0.4 is 20.7 Å². The first-order valence-corrected chi connectivity index (χ1v) is 27.6. The molecule has 0 amide bonds.